The second kappa shape index (κ2) is 7.15. The number of carbonyl (C=O) groups is 2. The molecule has 0 aromatic rings. The number of halogens is 3. The Morgan fingerprint density at radius 1 is 1.05 bits per heavy atom. The normalized spacial score (nSPS) is 21.5. The van der Waals surface area contributed by atoms with Gasteiger partial charge in [-0.15, -0.1) is 0 Å². The second-order valence-corrected chi connectivity index (χ2v) is 5.98. The standard InChI is InChI=1S/C15H21F3N2O2/c16-15(17,18)14(22)20-9-7-12(8-10-20)19-13(21)6-5-11-3-1-2-4-11/h5-6,11-12H,1-4,7-10H2,(H,19,21)/b6-5+. The number of hydrogen-bond acceptors (Lipinski definition) is 2. The van der Waals surface area contributed by atoms with E-state index >= 15 is 0 Å². The lowest BCUT2D eigenvalue weighted by molar-refractivity contribution is -0.186. The summed E-state index contributed by atoms with van der Waals surface area (Å²) >= 11 is 0. The van der Waals surface area contributed by atoms with Crippen LogP contribution in [0.3, 0.4) is 0 Å². The lowest BCUT2D eigenvalue weighted by atomic mass is 10.0. The monoisotopic (exact) mass is 318 g/mol. The number of piperidine rings is 1. The number of hydrogen-bond donors (Lipinski definition) is 1. The summed E-state index contributed by atoms with van der Waals surface area (Å²) in [4.78, 5) is 23.7. The molecular formula is C15H21F3N2O2. The molecule has 1 saturated carbocycles. The van der Waals surface area contributed by atoms with Crippen LogP contribution in [0.5, 0.6) is 0 Å². The van der Waals surface area contributed by atoms with Crippen LogP contribution in [-0.4, -0.2) is 42.0 Å². The van der Waals surface area contributed by atoms with Crippen molar-refractivity contribution < 1.29 is 22.8 Å². The summed E-state index contributed by atoms with van der Waals surface area (Å²) in [6.45, 7) is 0.0469. The van der Waals surface area contributed by atoms with E-state index in [4.69, 9.17) is 0 Å². The summed E-state index contributed by atoms with van der Waals surface area (Å²) in [6, 6.07) is -0.169. The van der Waals surface area contributed by atoms with Gasteiger partial charge in [0.05, 0.1) is 0 Å². The smallest absolute Gasteiger partial charge is 0.350 e. The average molecular weight is 318 g/mol. The van der Waals surface area contributed by atoms with Gasteiger partial charge < -0.3 is 10.2 Å². The molecule has 0 aromatic heterocycles. The Labute approximate surface area is 127 Å². The topological polar surface area (TPSA) is 49.4 Å². The molecule has 4 nitrogen and oxygen atoms in total. The zero-order chi connectivity index (χ0) is 16.2. The van der Waals surface area contributed by atoms with E-state index in [1.54, 1.807) is 0 Å². The molecule has 7 heteroatoms. The van der Waals surface area contributed by atoms with Crippen LogP contribution in [0, 0.1) is 5.92 Å². The molecule has 1 N–H and O–H groups in total. The molecule has 2 amide bonds. The van der Waals surface area contributed by atoms with Crippen molar-refractivity contribution in [3.63, 3.8) is 0 Å². The van der Waals surface area contributed by atoms with Gasteiger partial charge in [-0.1, -0.05) is 18.9 Å². The first-order chi connectivity index (χ1) is 10.4. The van der Waals surface area contributed by atoms with E-state index in [-0.39, 0.29) is 25.0 Å². The molecule has 124 valence electrons. The molecule has 2 fully saturated rings. The Balaban J connectivity index is 1.72. The van der Waals surface area contributed by atoms with Gasteiger partial charge in [-0.3, -0.25) is 9.59 Å². The average Bonchev–Trinajstić information content (AvgIpc) is 2.97. The predicted octanol–water partition coefficient (Wildman–Crippen LogP) is 2.40. The van der Waals surface area contributed by atoms with Crippen molar-refractivity contribution in [2.75, 3.05) is 13.1 Å². The third kappa shape index (κ3) is 4.74. The molecule has 1 saturated heterocycles. The fraction of sp³-hybridized carbons (Fsp3) is 0.733. The molecule has 0 unspecified atom stereocenters. The first-order valence-electron chi connectivity index (χ1n) is 7.71. The summed E-state index contributed by atoms with van der Waals surface area (Å²) < 4.78 is 37.0. The highest BCUT2D eigenvalue weighted by Crippen LogP contribution is 2.25. The number of alkyl halides is 3. The number of rotatable bonds is 3. The fourth-order valence-corrected chi connectivity index (χ4v) is 3.03. The molecule has 2 aliphatic rings. The van der Waals surface area contributed by atoms with Gasteiger partial charge in [-0.2, -0.15) is 13.2 Å². The van der Waals surface area contributed by atoms with Crippen molar-refractivity contribution in [2.45, 2.75) is 50.7 Å². The van der Waals surface area contributed by atoms with Gasteiger partial charge >= 0.3 is 12.1 Å². The predicted molar refractivity (Wildman–Crippen MR) is 74.9 cm³/mol. The molecule has 0 bridgehead atoms. The third-order valence-electron chi connectivity index (χ3n) is 4.29. The molecule has 0 atom stereocenters. The number of nitrogens with zero attached hydrogens (tertiary/aromatic N) is 1. The van der Waals surface area contributed by atoms with E-state index in [1.807, 2.05) is 6.08 Å². The van der Waals surface area contributed by atoms with Gasteiger partial charge in [-0.25, -0.2) is 0 Å². The maximum atomic E-state index is 12.3. The van der Waals surface area contributed by atoms with Gasteiger partial charge in [-0.05, 0) is 37.7 Å². The van der Waals surface area contributed by atoms with Crippen LogP contribution in [0.4, 0.5) is 13.2 Å². The van der Waals surface area contributed by atoms with Gasteiger partial charge in [0.15, 0.2) is 0 Å². The third-order valence-corrected chi connectivity index (χ3v) is 4.29. The molecule has 22 heavy (non-hydrogen) atoms. The highest BCUT2D eigenvalue weighted by Gasteiger charge is 2.43. The number of nitrogens with one attached hydrogen (secondary N) is 1. The lowest BCUT2D eigenvalue weighted by Crippen LogP contribution is -2.49. The Bertz CT molecular complexity index is 435. The Kier molecular flexibility index (Phi) is 5.47. The van der Waals surface area contributed by atoms with Gasteiger partial charge in [0.1, 0.15) is 0 Å². The Hall–Kier alpha value is -1.53. The summed E-state index contributed by atoms with van der Waals surface area (Å²) in [7, 11) is 0. The number of amides is 2. The molecule has 0 radical (unpaired) electrons. The van der Waals surface area contributed by atoms with Gasteiger partial charge in [0, 0.05) is 19.1 Å². The van der Waals surface area contributed by atoms with Crippen molar-refractivity contribution in [1.29, 1.82) is 0 Å². The quantitative estimate of drug-likeness (QED) is 0.812. The number of allylic oxidation sites excluding steroid dienone is 1. The largest absolute Gasteiger partial charge is 0.471 e. The van der Waals surface area contributed by atoms with E-state index < -0.39 is 12.1 Å². The van der Waals surface area contributed by atoms with Crippen LogP contribution in [0.1, 0.15) is 38.5 Å². The maximum Gasteiger partial charge on any atom is 0.471 e. The molecular weight excluding hydrogens is 297 g/mol. The molecule has 1 aliphatic carbocycles. The maximum absolute atomic E-state index is 12.3. The van der Waals surface area contributed by atoms with Crippen molar-refractivity contribution in [3.8, 4) is 0 Å². The Morgan fingerprint density at radius 2 is 1.64 bits per heavy atom. The van der Waals surface area contributed by atoms with Crippen LogP contribution in [0.2, 0.25) is 0 Å². The minimum Gasteiger partial charge on any atom is -0.350 e. The number of carbonyl (C=O) groups excluding carboxylic acids is 2. The highest BCUT2D eigenvalue weighted by atomic mass is 19.4. The summed E-state index contributed by atoms with van der Waals surface area (Å²) in [6.07, 6.45) is 3.96. The van der Waals surface area contributed by atoms with Gasteiger partial charge in [0.2, 0.25) is 5.91 Å². The summed E-state index contributed by atoms with van der Waals surface area (Å²) in [5.74, 6) is -1.53. The molecule has 1 aliphatic heterocycles. The minimum absolute atomic E-state index is 0.0234. The van der Waals surface area contributed by atoms with Crippen molar-refractivity contribution in [1.82, 2.24) is 10.2 Å². The summed E-state index contributed by atoms with van der Waals surface area (Å²) in [5.41, 5.74) is 0. The summed E-state index contributed by atoms with van der Waals surface area (Å²) in [5, 5.41) is 2.80. The fourth-order valence-electron chi connectivity index (χ4n) is 3.03. The minimum atomic E-state index is -4.82. The van der Waals surface area contributed by atoms with Gasteiger partial charge in [0.25, 0.3) is 0 Å². The van der Waals surface area contributed by atoms with Crippen molar-refractivity contribution >= 4 is 11.8 Å². The van der Waals surface area contributed by atoms with Crippen LogP contribution in [-0.2, 0) is 9.59 Å². The van der Waals surface area contributed by atoms with Crippen LogP contribution < -0.4 is 5.32 Å². The van der Waals surface area contributed by atoms with Crippen molar-refractivity contribution in [2.24, 2.45) is 5.92 Å². The first kappa shape index (κ1) is 16.8. The molecule has 1 heterocycles. The van der Waals surface area contributed by atoms with E-state index in [0.29, 0.717) is 18.8 Å². The highest BCUT2D eigenvalue weighted by molar-refractivity contribution is 5.87. The van der Waals surface area contributed by atoms with Crippen LogP contribution in [0.15, 0.2) is 12.2 Å². The van der Waals surface area contributed by atoms with Crippen LogP contribution in [0.25, 0.3) is 0 Å². The SMILES string of the molecule is O=C(/C=C/C1CCCC1)NC1CCN(C(=O)C(F)(F)F)CC1. The van der Waals surface area contributed by atoms with E-state index in [1.165, 1.54) is 18.9 Å². The first-order valence-corrected chi connectivity index (χ1v) is 7.71. The van der Waals surface area contributed by atoms with E-state index in [0.717, 1.165) is 17.7 Å². The molecule has 2 rings (SSSR count). The second-order valence-electron chi connectivity index (χ2n) is 5.98. The van der Waals surface area contributed by atoms with E-state index in [9.17, 15) is 22.8 Å². The lowest BCUT2D eigenvalue weighted by Gasteiger charge is -2.32. The Morgan fingerprint density at radius 3 is 2.18 bits per heavy atom. The van der Waals surface area contributed by atoms with Crippen LogP contribution >= 0.6 is 0 Å². The van der Waals surface area contributed by atoms with E-state index in [2.05, 4.69) is 5.32 Å². The van der Waals surface area contributed by atoms with Crippen molar-refractivity contribution in [3.05, 3.63) is 12.2 Å². The zero-order valence-electron chi connectivity index (χ0n) is 12.4. The number of likely N-dealkylation sites (tertiary alicyclic amines) is 1. The molecule has 0 aromatic carbocycles. The molecule has 0 spiro atoms. The zero-order valence-corrected chi connectivity index (χ0v) is 12.4.